The van der Waals surface area contributed by atoms with Crippen molar-refractivity contribution < 1.29 is 14.3 Å². The van der Waals surface area contributed by atoms with Crippen LogP contribution in [0.5, 0.6) is 5.75 Å². The number of nitrogens with two attached hydrogens (primary N) is 1. The van der Waals surface area contributed by atoms with Crippen molar-refractivity contribution in [1.82, 2.24) is 4.90 Å². The van der Waals surface area contributed by atoms with E-state index >= 15 is 0 Å². The van der Waals surface area contributed by atoms with Gasteiger partial charge in [0.1, 0.15) is 5.75 Å². The highest BCUT2D eigenvalue weighted by molar-refractivity contribution is 5.85. The number of carbonyl (C=O) groups is 1. The van der Waals surface area contributed by atoms with E-state index in [2.05, 4.69) is 0 Å². The highest BCUT2D eigenvalue weighted by Crippen LogP contribution is 2.10. The highest BCUT2D eigenvalue weighted by atomic mass is 35.5. The van der Waals surface area contributed by atoms with Gasteiger partial charge in [0.15, 0.2) is 0 Å². The summed E-state index contributed by atoms with van der Waals surface area (Å²) in [6.07, 6.45) is 0.347. The fraction of sp³-hybridized carbons (Fsp3) is 0.500. The summed E-state index contributed by atoms with van der Waals surface area (Å²) >= 11 is 0. The third-order valence-electron chi connectivity index (χ3n) is 3.08. The third-order valence-corrected chi connectivity index (χ3v) is 3.08. The van der Waals surface area contributed by atoms with Gasteiger partial charge in [0.25, 0.3) is 0 Å². The van der Waals surface area contributed by atoms with Crippen LogP contribution < -0.4 is 10.5 Å². The number of hydrogen-bond acceptors (Lipinski definition) is 4. The Kier molecular flexibility index (Phi) is 7.36. The molecule has 1 aliphatic heterocycles. The zero-order chi connectivity index (χ0) is 13.5. The Bertz CT molecular complexity index is 403. The molecule has 6 heteroatoms. The molecule has 1 saturated heterocycles. The molecule has 1 heterocycles. The van der Waals surface area contributed by atoms with Gasteiger partial charge in [-0.05, 0) is 12.1 Å². The van der Waals surface area contributed by atoms with Crippen LogP contribution in [-0.4, -0.2) is 49.8 Å². The van der Waals surface area contributed by atoms with E-state index in [1.807, 2.05) is 30.3 Å². The quantitative estimate of drug-likeness (QED) is 0.883. The van der Waals surface area contributed by atoms with Gasteiger partial charge in [0.05, 0.1) is 25.7 Å². The number of amides is 1. The molecule has 1 atom stereocenters. The molecule has 2 N–H and O–H groups in total. The van der Waals surface area contributed by atoms with E-state index in [9.17, 15) is 4.79 Å². The Morgan fingerprint density at radius 1 is 1.40 bits per heavy atom. The molecule has 5 nitrogen and oxygen atoms in total. The van der Waals surface area contributed by atoms with Crippen LogP contribution in [0, 0.1) is 0 Å². The van der Waals surface area contributed by atoms with Crippen LogP contribution in [0.1, 0.15) is 6.42 Å². The minimum Gasteiger partial charge on any atom is -0.493 e. The van der Waals surface area contributed by atoms with Crippen molar-refractivity contribution in [2.75, 3.05) is 32.8 Å². The number of benzene rings is 1. The van der Waals surface area contributed by atoms with Crippen LogP contribution in [0.2, 0.25) is 0 Å². The Hall–Kier alpha value is -1.30. The van der Waals surface area contributed by atoms with Gasteiger partial charge in [0.2, 0.25) is 5.91 Å². The largest absolute Gasteiger partial charge is 0.493 e. The number of carbonyl (C=O) groups excluding carboxylic acids is 1. The van der Waals surface area contributed by atoms with E-state index in [-0.39, 0.29) is 24.4 Å². The first kappa shape index (κ1) is 16.8. The second kappa shape index (κ2) is 8.79. The molecule has 0 saturated carbocycles. The average molecular weight is 301 g/mol. The van der Waals surface area contributed by atoms with Gasteiger partial charge >= 0.3 is 0 Å². The first-order valence-electron chi connectivity index (χ1n) is 6.57. The maximum Gasteiger partial charge on any atom is 0.226 e. The normalized spacial score (nSPS) is 18.2. The molecule has 0 bridgehead atoms. The molecule has 0 spiro atoms. The smallest absolute Gasteiger partial charge is 0.226 e. The molecule has 2 rings (SSSR count). The van der Waals surface area contributed by atoms with Gasteiger partial charge in [-0.2, -0.15) is 0 Å². The Morgan fingerprint density at radius 3 is 2.85 bits per heavy atom. The van der Waals surface area contributed by atoms with Crippen molar-refractivity contribution >= 4 is 18.3 Å². The average Bonchev–Trinajstić information content (AvgIpc) is 2.48. The third kappa shape index (κ3) is 5.00. The predicted octanol–water partition coefficient (Wildman–Crippen LogP) is 1.06. The summed E-state index contributed by atoms with van der Waals surface area (Å²) in [6, 6.07) is 9.50. The van der Waals surface area contributed by atoms with E-state index in [4.69, 9.17) is 15.2 Å². The zero-order valence-corrected chi connectivity index (χ0v) is 12.2. The molecule has 1 unspecified atom stereocenters. The van der Waals surface area contributed by atoms with Gasteiger partial charge in [-0.3, -0.25) is 4.79 Å². The summed E-state index contributed by atoms with van der Waals surface area (Å²) in [7, 11) is 0. The number of rotatable bonds is 5. The number of hydrogen-bond donors (Lipinski definition) is 1. The van der Waals surface area contributed by atoms with E-state index in [1.54, 1.807) is 4.90 Å². The van der Waals surface area contributed by atoms with Crippen LogP contribution in [0.25, 0.3) is 0 Å². The number of para-hydroxylation sites is 1. The van der Waals surface area contributed by atoms with Gasteiger partial charge < -0.3 is 20.1 Å². The van der Waals surface area contributed by atoms with Gasteiger partial charge in [-0.1, -0.05) is 18.2 Å². The molecule has 0 aromatic heterocycles. The minimum atomic E-state index is -0.0345. The number of morpholine rings is 1. The lowest BCUT2D eigenvalue weighted by atomic mass is 10.2. The van der Waals surface area contributed by atoms with Crippen LogP contribution in [0.3, 0.4) is 0 Å². The van der Waals surface area contributed by atoms with Crippen LogP contribution >= 0.6 is 12.4 Å². The summed E-state index contributed by atoms with van der Waals surface area (Å²) in [4.78, 5) is 13.8. The highest BCUT2D eigenvalue weighted by Gasteiger charge is 2.22. The van der Waals surface area contributed by atoms with Crippen molar-refractivity contribution in [3.63, 3.8) is 0 Å². The van der Waals surface area contributed by atoms with Gasteiger partial charge in [-0.15, -0.1) is 12.4 Å². The number of nitrogens with zero attached hydrogens (tertiary/aromatic N) is 1. The summed E-state index contributed by atoms with van der Waals surface area (Å²) in [5, 5.41) is 0. The molecule has 1 aliphatic rings. The Morgan fingerprint density at radius 2 is 2.15 bits per heavy atom. The fourth-order valence-electron chi connectivity index (χ4n) is 2.02. The number of ether oxygens (including phenoxy) is 2. The molecule has 1 aromatic carbocycles. The Labute approximate surface area is 125 Å². The predicted molar refractivity (Wildman–Crippen MR) is 79.2 cm³/mol. The van der Waals surface area contributed by atoms with E-state index < -0.39 is 0 Å². The van der Waals surface area contributed by atoms with Crippen LogP contribution in [0.15, 0.2) is 30.3 Å². The lowest BCUT2D eigenvalue weighted by molar-refractivity contribution is -0.138. The van der Waals surface area contributed by atoms with E-state index in [0.717, 1.165) is 5.75 Å². The summed E-state index contributed by atoms with van der Waals surface area (Å²) < 4.78 is 10.9. The topological polar surface area (TPSA) is 64.8 Å². The SMILES string of the molecule is Cl.NCC1CN(C(=O)CCOc2ccccc2)CCO1. The molecule has 1 amide bonds. The Balaban J connectivity index is 0.00000200. The van der Waals surface area contributed by atoms with Crippen LogP contribution in [-0.2, 0) is 9.53 Å². The first-order chi connectivity index (χ1) is 9.29. The van der Waals surface area contributed by atoms with Crippen LogP contribution in [0.4, 0.5) is 0 Å². The van der Waals surface area contributed by atoms with Crippen molar-refractivity contribution in [3.05, 3.63) is 30.3 Å². The number of halogens is 1. The molecular formula is C14H21ClN2O3. The molecule has 0 aliphatic carbocycles. The molecule has 1 fully saturated rings. The minimum absolute atomic E-state index is 0. The van der Waals surface area contributed by atoms with Crippen molar-refractivity contribution in [2.24, 2.45) is 5.73 Å². The lowest BCUT2D eigenvalue weighted by Gasteiger charge is -2.32. The summed E-state index contributed by atoms with van der Waals surface area (Å²) in [6.45, 7) is 2.63. The van der Waals surface area contributed by atoms with E-state index in [0.29, 0.717) is 39.3 Å². The summed E-state index contributed by atoms with van der Waals surface area (Å²) in [5.41, 5.74) is 5.55. The maximum atomic E-state index is 12.0. The molecular weight excluding hydrogens is 280 g/mol. The lowest BCUT2D eigenvalue weighted by Crippen LogP contribution is -2.48. The molecule has 0 radical (unpaired) electrons. The van der Waals surface area contributed by atoms with Crippen molar-refractivity contribution in [1.29, 1.82) is 0 Å². The molecule has 112 valence electrons. The summed E-state index contributed by atoms with van der Waals surface area (Å²) in [5.74, 6) is 0.884. The van der Waals surface area contributed by atoms with Crippen molar-refractivity contribution in [2.45, 2.75) is 12.5 Å². The monoisotopic (exact) mass is 300 g/mol. The van der Waals surface area contributed by atoms with Gasteiger partial charge in [0, 0.05) is 19.6 Å². The maximum absolute atomic E-state index is 12.0. The zero-order valence-electron chi connectivity index (χ0n) is 11.4. The second-order valence-corrected chi connectivity index (χ2v) is 4.48. The first-order valence-corrected chi connectivity index (χ1v) is 6.57. The second-order valence-electron chi connectivity index (χ2n) is 4.48. The van der Waals surface area contributed by atoms with E-state index in [1.165, 1.54) is 0 Å². The molecule has 1 aromatic rings. The molecule has 20 heavy (non-hydrogen) atoms. The van der Waals surface area contributed by atoms with Gasteiger partial charge in [-0.25, -0.2) is 0 Å². The van der Waals surface area contributed by atoms with Crippen molar-refractivity contribution in [3.8, 4) is 5.75 Å². The standard InChI is InChI=1S/C14H20N2O3.ClH/c15-10-13-11-16(7-9-19-13)14(17)6-8-18-12-4-2-1-3-5-12;/h1-5,13H,6-11,15H2;1H. The fourth-order valence-corrected chi connectivity index (χ4v) is 2.02.